The molecule has 1 aromatic carbocycles. The number of unbranched alkanes of at least 4 members (excludes halogenated alkanes) is 1. The Kier molecular flexibility index (Phi) is 9.39. The number of nitrogens with zero attached hydrogens (tertiary/aromatic N) is 1. The Balaban J connectivity index is 0.00000312. The van der Waals surface area contributed by atoms with Gasteiger partial charge in [-0.15, -0.1) is 12.4 Å². The number of benzene rings is 1. The average Bonchev–Trinajstić information content (AvgIpc) is 2.56. The highest BCUT2D eigenvalue weighted by molar-refractivity contribution is 6.32. The highest BCUT2D eigenvalue weighted by Crippen LogP contribution is 2.37. The van der Waals surface area contributed by atoms with Gasteiger partial charge in [-0.1, -0.05) is 24.9 Å². The zero-order valence-electron chi connectivity index (χ0n) is 15.1. The predicted molar refractivity (Wildman–Crippen MR) is 104 cm³/mol. The van der Waals surface area contributed by atoms with E-state index < -0.39 is 0 Å². The molecule has 0 spiro atoms. The second kappa shape index (κ2) is 10.7. The van der Waals surface area contributed by atoms with Crippen molar-refractivity contribution in [1.82, 2.24) is 10.2 Å². The number of carbonyl (C=O) groups excluding carboxylic acids is 1. The first kappa shape index (κ1) is 21.9. The van der Waals surface area contributed by atoms with Crippen LogP contribution in [0.25, 0.3) is 0 Å². The third-order valence-corrected chi connectivity index (χ3v) is 4.24. The fourth-order valence-electron chi connectivity index (χ4n) is 2.71. The molecular formula is C18H28Cl2N2O3. The van der Waals surface area contributed by atoms with Crippen LogP contribution >= 0.6 is 24.0 Å². The van der Waals surface area contributed by atoms with Gasteiger partial charge < -0.3 is 19.7 Å². The number of halogens is 2. The number of hydrogen-bond acceptors (Lipinski definition) is 4. The molecule has 1 amide bonds. The zero-order valence-corrected chi connectivity index (χ0v) is 16.7. The lowest BCUT2D eigenvalue weighted by atomic mass is 10.1. The molecule has 25 heavy (non-hydrogen) atoms. The minimum Gasteiger partial charge on any atom is -0.490 e. The molecule has 2 rings (SSSR count). The summed E-state index contributed by atoms with van der Waals surface area (Å²) in [6.45, 7) is 9.33. The van der Waals surface area contributed by atoms with Gasteiger partial charge in [0.25, 0.3) is 5.91 Å². The van der Waals surface area contributed by atoms with Crippen LogP contribution in [0.1, 0.15) is 44.0 Å². The first-order valence-electron chi connectivity index (χ1n) is 8.68. The summed E-state index contributed by atoms with van der Waals surface area (Å²) < 4.78 is 11.4. The maximum Gasteiger partial charge on any atom is 0.254 e. The molecule has 0 saturated carbocycles. The summed E-state index contributed by atoms with van der Waals surface area (Å²) >= 11 is 6.37. The Morgan fingerprint density at radius 3 is 2.76 bits per heavy atom. The molecule has 0 aliphatic carbocycles. The normalized spacial score (nSPS) is 17.0. The van der Waals surface area contributed by atoms with Gasteiger partial charge >= 0.3 is 0 Å². The molecule has 1 aromatic rings. The van der Waals surface area contributed by atoms with Crippen molar-refractivity contribution in [1.29, 1.82) is 0 Å². The van der Waals surface area contributed by atoms with Crippen molar-refractivity contribution in [3.63, 3.8) is 0 Å². The van der Waals surface area contributed by atoms with Gasteiger partial charge in [0.2, 0.25) is 0 Å². The minimum atomic E-state index is -0.0219. The second-order valence-electron chi connectivity index (χ2n) is 6.03. The van der Waals surface area contributed by atoms with Gasteiger partial charge in [0.15, 0.2) is 11.5 Å². The molecule has 1 saturated heterocycles. The van der Waals surface area contributed by atoms with Crippen molar-refractivity contribution in [2.45, 2.75) is 39.7 Å². The molecule has 0 bridgehead atoms. The number of rotatable bonds is 7. The number of hydrogen-bond donors (Lipinski definition) is 1. The first-order chi connectivity index (χ1) is 11.6. The van der Waals surface area contributed by atoms with E-state index in [0.29, 0.717) is 54.4 Å². The molecule has 1 atom stereocenters. The van der Waals surface area contributed by atoms with Crippen molar-refractivity contribution in [3.8, 4) is 11.5 Å². The number of nitrogens with one attached hydrogen (secondary N) is 1. The van der Waals surface area contributed by atoms with Crippen molar-refractivity contribution < 1.29 is 14.3 Å². The average molecular weight is 391 g/mol. The molecule has 1 aliphatic rings. The van der Waals surface area contributed by atoms with Crippen LogP contribution in [0.15, 0.2) is 12.1 Å². The van der Waals surface area contributed by atoms with E-state index in [0.717, 1.165) is 19.4 Å². The maximum absolute atomic E-state index is 12.8. The highest BCUT2D eigenvalue weighted by atomic mass is 35.5. The maximum atomic E-state index is 12.8. The number of piperazine rings is 1. The molecule has 1 aliphatic heterocycles. The number of carbonyl (C=O) groups is 1. The van der Waals surface area contributed by atoms with E-state index in [1.807, 2.05) is 11.8 Å². The number of amides is 1. The highest BCUT2D eigenvalue weighted by Gasteiger charge is 2.24. The van der Waals surface area contributed by atoms with E-state index in [4.69, 9.17) is 21.1 Å². The molecule has 1 fully saturated rings. The third kappa shape index (κ3) is 5.94. The van der Waals surface area contributed by atoms with E-state index in [2.05, 4.69) is 19.2 Å². The lowest BCUT2D eigenvalue weighted by Crippen LogP contribution is -2.51. The molecular weight excluding hydrogens is 363 g/mol. The summed E-state index contributed by atoms with van der Waals surface area (Å²) in [6, 6.07) is 3.72. The van der Waals surface area contributed by atoms with E-state index in [9.17, 15) is 4.79 Å². The van der Waals surface area contributed by atoms with E-state index in [1.165, 1.54) is 0 Å². The van der Waals surface area contributed by atoms with Crippen LogP contribution in [0.4, 0.5) is 0 Å². The Morgan fingerprint density at radius 1 is 1.36 bits per heavy atom. The Morgan fingerprint density at radius 2 is 2.12 bits per heavy atom. The fraction of sp³-hybridized carbons (Fsp3) is 0.611. The monoisotopic (exact) mass is 390 g/mol. The van der Waals surface area contributed by atoms with Crippen LogP contribution in [0.3, 0.4) is 0 Å². The van der Waals surface area contributed by atoms with E-state index >= 15 is 0 Å². The van der Waals surface area contributed by atoms with Crippen LogP contribution in [-0.4, -0.2) is 49.7 Å². The van der Waals surface area contributed by atoms with Crippen molar-refractivity contribution in [2.75, 3.05) is 32.8 Å². The quantitative estimate of drug-likeness (QED) is 0.719. The summed E-state index contributed by atoms with van der Waals surface area (Å²) in [6.07, 6.45) is 1.99. The van der Waals surface area contributed by atoms with Crippen molar-refractivity contribution in [2.24, 2.45) is 0 Å². The van der Waals surface area contributed by atoms with Crippen molar-refractivity contribution in [3.05, 3.63) is 22.7 Å². The van der Waals surface area contributed by atoms with Crippen LogP contribution in [0, 0.1) is 0 Å². The third-order valence-electron chi connectivity index (χ3n) is 3.96. The van der Waals surface area contributed by atoms with E-state index in [-0.39, 0.29) is 18.3 Å². The molecule has 5 nitrogen and oxygen atoms in total. The van der Waals surface area contributed by atoms with Gasteiger partial charge in [-0.2, -0.15) is 0 Å². The lowest BCUT2D eigenvalue weighted by Gasteiger charge is -2.32. The summed E-state index contributed by atoms with van der Waals surface area (Å²) in [5.74, 6) is 1.04. The molecule has 1 N–H and O–H groups in total. The minimum absolute atomic E-state index is 0. The largest absolute Gasteiger partial charge is 0.490 e. The lowest BCUT2D eigenvalue weighted by molar-refractivity contribution is 0.0708. The predicted octanol–water partition coefficient (Wildman–Crippen LogP) is 3.77. The Bertz CT molecular complexity index is 569. The van der Waals surface area contributed by atoms with Gasteiger partial charge in [-0.3, -0.25) is 4.79 Å². The molecule has 1 heterocycles. The SMILES string of the molecule is CCCCOc1c(Cl)cc(C(=O)N2CCNC(C)C2)cc1OCC.Cl. The van der Waals surface area contributed by atoms with Gasteiger partial charge in [-0.25, -0.2) is 0 Å². The molecule has 0 radical (unpaired) electrons. The smallest absolute Gasteiger partial charge is 0.254 e. The van der Waals surface area contributed by atoms with Crippen LogP contribution in [0.5, 0.6) is 11.5 Å². The number of ether oxygens (including phenoxy) is 2. The van der Waals surface area contributed by atoms with Gasteiger partial charge in [0, 0.05) is 31.2 Å². The topological polar surface area (TPSA) is 50.8 Å². The molecule has 0 aromatic heterocycles. The zero-order chi connectivity index (χ0) is 17.5. The Hall–Kier alpha value is -1.17. The van der Waals surface area contributed by atoms with Crippen molar-refractivity contribution >= 4 is 29.9 Å². The molecule has 142 valence electrons. The summed E-state index contributed by atoms with van der Waals surface area (Å²) in [5, 5.41) is 3.75. The summed E-state index contributed by atoms with van der Waals surface area (Å²) in [5.41, 5.74) is 0.542. The standard InChI is InChI=1S/C18H27ClN2O3.ClH/c1-4-6-9-24-17-15(19)10-14(11-16(17)23-5-2)18(22)21-8-7-20-13(3)12-21;/h10-11,13,20H,4-9,12H2,1-3H3;1H. The van der Waals surface area contributed by atoms with Gasteiger partial charge in [-0.05, 0) is 32.4 Å². The molecule has 7 heteroatoms. The molecule has 1 unspecified atom stereocenters. The van der Waals surface area contributed by atoms with Crippen LogP contribution in [-0.2, 0) is 0 Å². The van der Waals surface area contributed by atoms with Gasteiger partial charge in [0.05, 0.1) is 18.2 Å². The fourth-order valence-corrected chi connectivity index (χ4v) is 2.98. The summed E-state index contributed by atoms with van der Waals surface area (Å²) in [7, 11) is 0. The first-order valence-corrected chi connectivity index (χ1v) is 9.06. The second-order valence-corrected chi connectivity index (χ2v) is 6.43. The van der Waals surface area contributed by atoms with Crippen LogP contribution in [0.2, 0.25) is 5.02 Å². The van der Waals surface area contributed by atoms with Crippen LogP contribution < -0.4 is 14.8 Å². The summed E-state index contributed by atoms with van der Waals surface area (Å²) in [4.78, 5) is 14.6. The Labute approximate surface area is 161 Å². The van der Waals surface area contributed by atoms with Gasteiger partial charge in [0.1, 0.15) is 0 Å². The van der Waals surface area contributed by atoms with E-state index in [1.54, 1.807) is 12.1 Å².